The van der Waals surface area contributed by atoms with Gasteiger partial charge in [-0.3, -0.25) is 24.0 Å². The molecule has 3 heterocycles. The van der Waals surface area contributed by atoms with Gasteiger partial charge in [0.2, 0.25) is 29.5 Å². The number of nitrogens with zero attached hydrogens (tertiary/aromatic N) is 1. The van der Waals surface area contributed by atoms with Crippen molar-refractivity contribution in [2.45, 2.75) is 88.1 Å². The minimum absolute atomic E-state index is 0.000958. The number of hydrogen-bond donors (Lipinski definition) is 11. The molecule has 0 saturated heterocycles. The maximum absolute atomic E-state index is 14.3. The maximum Gasteiger partial charge on any atom is 0.326 e. The van der Waals surface area contributed by atoms with E-state index in [0.717, 1.165) is 27.4 Å². The van der Waals surface area contributed by atoms with Gasteiger partial charge in [-0.2, -0.15) is 0 Å². The smallest absolute Gasteiger partial charge is 0.326 e. The second-order valence-electron chi connectivity index (χ2n) is 15.8. The summed E-state index contributed by atoms with van der Waals surface area (Å²) in [5.74, 6) is -4.70. The molecule has 13 N–H and O–H groups in total. The highest BCUT2D eigenvalue weighted by molar-refractivity contribution is 5.97. The van der Waals surface area contributed by atoms with E-state index >= 15 is 0 Å². The monoisotopic (exact) mass is 873 g/mol. The van der Waals surface area contributed by atoms with E-state index in [-0.39, 0.29) is 25.7 Å². The van der Waals surface area contributed by atoms with Crippen LogP contribution in [0.4, 0.5) is 0 Å². The van der Waals surface area contributed by atoms with Crippen molar-refractivity contribution in [3.63, 3.8) is 0 Å². The molecule has 0 radical (unpaired) electrons. The second kappa shape index (κ2) is 22.2. The summed E-state index contributed by atoms with van der Waals surface area (Å²) in [5, 5.41) is 25.2. The standard InChI is InChI=1S/C46H55N11O7/c1-27(41(58)54-39(21-30-24-51-36-17-8-6-14-33(30)36)45(62)57-40(46(63)64)22-31-25-49-26-52-31)53-43(60)38(20-29-23-50-35-16-7-5-13-32(29)35)56-44(61)37(19-28-11-3-2-4-12-28)55-42(59)34(48)15-9-10-18-47/h2-8,11-14,16-17,23-27,34,37-40,50-51H,9-10,15,18-22,47-48H2,1H3,(H,49,52)(H,53,60)(H,54,58)(H,55,59)(H,56,61)(H,57,62)(H,63,64)/t27-,34-,37+,38-,39+,40-/m1/s1. The van der Waals surface area contributed by atoms with Crippen LogP contribution in [0.1, 0.15) is 48.6 Å². The highest BCUT2D eigenvalue weighted by Crippen LogP contribution is 2.21. The van der Waals surface area contributed by atoms with Gasteiger partial charge in [0, 0.05) is 71.8 Å². The van der Waals surface area contributed by atoms with Crippen molar-refractivity contribution in [3.05, 3.63) is 126 Å². The lowest BCUT2D eigenvalue weighted by atomic mass is 10.0. The Labute approximate surface area is 369 Å². The third-order valence-electron chi connectivity index (χ3n) is 11.0. The number of imidazole rings is 1. The van der Waals surface area contributed by atoms with Gasteiger partial charge in [-0.1, -0.05) is 73.2 Å². The van der Waals surface area contributed by atoms with Crippen LogP contribution in [0.5, 0.6) is 0 Å². The lowest BCUT2D eigenvalue weighted by molar-refractivity contribution is -0.142. The van der Waals surface area contributed by atoms with Crippen molar-refractivity contribution in [2.24, 2.45) is 11.5 Å². The van der Waals surface area contributed by atoms with E-state index in [9.17, 15) is 33.9 Å². The summed E-state index contributed by atoms with van der Waals surface area (Å²) in [6.07, 6.45) is 7.95. The summed E-state index contributed by atoms with van der Waals surface area (Å²) < 4.78 is 0. The van der Waals surface area contributed by atoms with E-state index in [0.29, 0.717) is 42.6 Å². The molecule has 0 aliphatic carbocycles. The predicted molar refractivity (Wildman–Crippen MR) is 240 cm³/mol. The first kappa shape index (κ1) is 46.2. The molecule has 6 rings (SSSR count). The third-order valence-corrected chi connectivity index (χ3v) is 11.0. The van der Waals surface area contributed by atoms with Gasteiger partial charge in [0.05, 0.1) is 12.4 Å². The van der Waals surface area contributed by atoms with Crippen LogP contribution in [0.2, 0.25) is 0 Å². The van der Waals surface area contributed by atoms with Crippen LogP contribution in [0, 0.1) is 0 Å². The topological polar surface area (TPSA) is 295 Å². The number of aliphatic carboxylic acids is 1. The van der Waals surface area contributed by atoms with Gasteiger partial charge in [0.1, 0.15) is 30.2 Å². The molecule has 5 amide bonds. The summed E-state index contributed by atoms with van der Waals surface area (Å²) in [6, 6.07) is 16.8. The number of fused-ring (bicyclic) bond motifs is 2. The van der Waals surface area contributed by atoms with Crippen molar-refractivity contribution >= 4 is 57.3 Å². The van der Waals surface area contributed by atoms with Gasteiger partial charge in [-0.05, 0) is 55.1 Å². The Hall–Kier alpha value is -7.31. The number of aromatic nitrogens is 4. The number of amides is 5. The van der Waals surface area contributed by atoms with Crippen LogP contribution in [0.3, 0.4) is 0 Å². The van der Waals surface area contributed by atoms with E-state index in [4.69, 9.17) is 11.5 Å². The number of hydrogen-bond acceptors (Lipinski definition) is 9. The summed E-state index contributed by atoms with van der Waals surface area (Å²) in [6.45, 7) is 1.89. The molecule has 0 saturated carbocycles. The Kier molecular flexibility index (Phi) is 16.0. The highest BCUT2D eigenvalue weighted by atomic mass is 16.4. The fourth-order valence-electron chi connectivity index (χ4n) is 7.47. The zero-order valence-corrected chi connectivity index (χ0v) is 35.4. The summed E-state index contributed by atoms with van der Waals surface area (Å²) in [5.41, 5.74) is 16.1. The fourth-order valence-corrected chi connectivity index (χ4v) is 7.47. The van der Waals surface area contributed by atoms with Crippen LogP contribution in [0.25, 0.3) is 21.8 Å². The Morgan fingerprint density at radius 2 is 1.12 bits per heavy atom. The lowest BCUT2D eigenvalue weighted by Crippen LogP contribution is -2.59. The molecule has 6 atom stereocenters. The molecule has 0 aliphatic heterocycles. The summed E-state index contributed by atoms with van der Waals surface area (Å²) in [4.78, 5) is 95.1. The van der Waals surface area contributed by atoms with E-state index in [1.807, 2.05) is 78.9 Å². The molecular formula is C46H55N11O7. The maximum atomic E-state index is 14.3. The first-order valence-electron chi connectivity index (χ1n) is 21.2. The average Bonchev–Trinajstić information content (AvgIpc) is 4.06. The zero-order chi connectivity index (χ0) is 45.6. The van der Waals surface area contributed by atoms with E-state index in [2.05, 4.69) is 46.5 Å². The van der Waals surface area contributed by atoms with Crippen LogP contribution in [-0.4, -0.2) is 103 Å². The third kappa shape index (κ3) is 12.4. The van der Waals surface area contributed by atoms with Gasteiger partial charge in [-0.15, -0.1) is 0 Å². The SMILES string of the molecule is C[C@@H](NC(=O)[C@@H](Cc1c[nH]c2ccccc12)NC(=O)[C@H](Cc1ccccc1)NC(=O)[C@H](N)CCCCN)C(=O)N[C@@H](Cc1c[nH]c2ccccc12)C(=O)N[C@H](Cc1cnc[nH]1)C(=O)O. The van der Waals surface area contributed by atoms with Crippen LogP contribution in [0.15, 0.2) is 104 Å². The number of rotatable bonds is 23. The molecule has 3 aromatic carbocycles. The first-order valence-corrected chi connectivity index (χ1v) is 21.2. The van der Waals surface area contributed by atoms with E-state index < -0.39 is 71.8 Å². The molecule has 0 unspecified atom stereocenters. The van der Waals surface area contributed by atoms with Gasteiger partial charge in [0.25, 0.3) is 0 Å². The van der Waals surface area contributed by atoms with Gasteiger partial charge in [0.15, 0.2) is 0 Å². The molecule has 3 aromatic heterocycles. The fraction of sp³-hybridized carbons (Fsp3) is 0.326. The Morgan fingerprint density at radius 3 is 1.69 bits per heavy atom. The Bertz CT molecular complexity index is 2520. The van der Waals surface area contributed by atoms with Crippen molar-refractivity contribution in [1.82, 2.24) is 46.5 Å². The van der Waals surface area contributed by atoms with Crippen LogP contribution in [-0.2, 0) is 54.5 Å². The number of aromatic amines is 3. The molecule has 0 spiro atoms. The molecule has 64 heavy (non-hydrogen) atoms. The number of nitrogens with two attached hydrogens (primary N) is 2. The van der Waals surface area contributed by atoms with Crippen molar-refractivity contribution < 1.29 is 33.9 Å². The van der Waals surface area contributed by atoms with Gasteiger partial charge in [-0.25, -0.2) is 9.78 Å². The quantitative estimate of drug-likeness (QED) is 0.0414. The number of carbonyl (C=O) groups excluding carboxylic acids is 5. The predicted octanol–water partition coefficient (Wildman–Crippen LogP) is 1.63. The summed E-state index contributed by atoms with van der Waals surface area (Å²) >= 11 is 0. The number of para-hydroxylation sites is 2. The Morgan fingerprint density at radius 1 is 0.609 bits per heavy atom. The van der Waals surface area contributed by atoms with Crippen molar-refractivity contribution in [1.29, 1.82) is 0 Å². The largest absolute Gasteiger partial charge is 0.480 e. The minimum atomic E-state index is -1.36. The van der Waals surface area contributed by atoms with E-state index in [1.54, 1.807) is 12.4 Å². The van der Waals surface area contributed by atoms with Gasteiger partial charge >= 0.3 is 5.97 Å². The normalized spacial score (nSPS) is 14.1. The molecule has 0 bridgehead atoms. The second-order valence-corrected chi connectivity index (χ2v) is 15.8. The molecule has 6 aromatic rings. The number of carboxylic acids is 1. The lowest BCUT2D eigenvalue weighted by Gasteiger charge is -2.26. The number of unbranched alkanes of at least 4 members (excludes halogenated alkanes) is 1. The number of carbonyl (C=O) groups is 6. The average molecular weight is 874 g/mol. The number of nitrogens with one attached hydrogen (secondary N) is 8. The molecule has 0 aliphatic rings. The molecule has 0 fully saturated rings. The Balaban J connectivity index is 1.22. The molecular weight excluding hydrogens is 819 g/mol. The van der Waals surface area contributed by atoms with E-state index in [1.165, 1.54) is 19.4 Å². The zero-order valence-electron chi connectivity index (χ0n) is 35.4. The minimum Gasteiger partial charge on any atom is -0.480 e. The highest BCUT2D eigenvalue weighted by Gasteiger charge is 2.33. The molecule has 336 valence electrons. The van der Waals surface area contributed by atoms with Crippen molar-refractivity contribution in [2.75, 3.05) is 6.54 Å². The number of H-pyrrole nitrogens is 3. The number of carboxylic acid groups (broad SMARTS) is 1. The van der Waals surface area contributed by atoms with Crippen LogP contribution < -0.4 is 38.1 Å². The van der Waals surface area contributed by atoms with Crippen LogP contribution >= 0.6 is 0 Å². The molecule has 18 nitrogen and oxygen atoms in total. The molecule has 18 heteroatoms. The first-order chi connectivity index (χ1) is 30.9. The van der Waals surface area contributed by atoms with Crippen molar-refractivity contribution in [3.8, 4) is 0 Å². The van der Waals surface area contributed by atoms with Gasteiger partial charge < -0.3 is 58.1 Å². The number of benzene rings is 3. The summed E-state index contributed by atoms with van der Waals surface area (Å²) in [7, 11) is 0.